The lowest BCUT2D eigenvalue weighted by molar-refractivity contribution is -0.124. The molecule has 1 saturated heterocycles. The summed E-state index contributed by atoms with van der Waals surface area (Å²) in [7, 11) is -2.37. The molecule has 1 fully saturated rings. The van der Waals surface area contributed by atoms with Gasteiger partial charge in [-0.2, -0.15) is 4.31 Å². The van der Waals surface area contributed by atoms with E-state index in [1.807, 2.05) is 24.3 Å². The van der Waals surface area contributed by atoms with Crippen molar-refractivity contribution in [3.8, 4) is 11.5 Å². The molecule has 0 saturated carbocycles. The number of amides is 2. The van der Waals surface area contributed by atoms with Crippen molar-refractivity contribution >= 4 is 27.5 Å². The molecule has 2 amide bonds. The molecule has 2 N–H and O–H groups in total. The van der Waals surface area contributed by atoms with Crippen LogP contribution in [0.15, 0.2) is 41.3 Å². The van der Waals surface area contributed by atoms with E-state index in [1.54, 1.807) is 20.1 Å². The predicted molar refractivity (Wildman–Crippen MR) is 117 cm³/mol. The van der Waals surface area contributed by atoms with Gasteiger partial charge in [-0.3, -0.25) is 9.59 Å². The second-order valence-corrected chi connectivity index (χ2v) is 9.65. The third kappa shape index (κ3) is 4.28. The lowest BCUT2D eigenvalue weighted by Gasteiger charge is -2.26. The summed E-state index contributed by atoms with van der Waals surface area (Å²) in [6.07, 6.45) is 1.03. The van der Waals surface area contributed by atoms with Gasteiger partial charge in [-0.15, -0.1) is 0 Å². The summed E-state index contributed by atoms with van der Waals surface area (Å²) in [6, 6.07) is 9.53. The minimum Gasteiger partial charge on any atom is -0.497 e. The average molecular weight is 460 g/mol. The van der Waals surface area contributed by atoms with Gasteiger partial charge in [0.25, 0.3) is 5.91 Å². The van der Waals surface area contributed by atoms with Crippen LogP contribution in [0.5, 0.6) is 11.5 Å². The van der Waals surface area contributed by atoms with Gasteiger partial charge in [0.15, 0.2) is 6.61 Å². The second kappa shape index (κ2) is 8.79. The van der Waals surface area contributed by atoms with Gasteiger partial charge in [0.1, 0.15) is 17.5 Å². The number of sulfonamides is 1. The molecule has 0 aliphatic carbocycles. The number of ether oxygens (including phenoxy) is 2. The molecule has 9 nitrogen and oxygen atoms in total. The first-order valence-electron chi connectivity index (χ1n) is 10.3. The Kier molecular flexibility index (Phi) is 6.07. The number of fused-ring (bicyclic) bond motifs is 1. The van der Waals surface area contributed by atoms with Gasteiger partial charge in [0, 0.05) is 19.2 Å². The molecule has 10 heteroatoms. The van der Waals surface area contributed by atoms with E-state index in [4.69, 9.17) is 9.47 Å². The lowest BCUT2D eigenvalue weighted by atomic mass is 10.2. The van der Waals surface area contributed by atoms with Crippen LogP contribution in [-0.4, -0.2) is 50.8 Å². The number of hydrogen-bond donors (Lipinski definition) is 2. The Morgan fingerprint density at radius 1 is 1.31 bits per heavy atom. The third-order valence-corrected chi connectivity index (χ3v) is 7.65. The molecule has 2 aliphatic rings. The molecular weight excluding hydrogens is 434 g/mol. The molecule has 170 valence electrons. The Morgan fingerprint density at radius 2 is 2.12 bits per heavy atom. The quantitative estimate of drug-likeness (QED) is 0.681. The summed E-state index contributed by atoms with van der Waals surface area (Å²) in [5, 5.41) is 5.51. The molecule has 2 aromatic carbocycles. The summed E-state index contributed by atoms with van der Waals surface area (Å²) in [5.74, 6) is 0.350. The zero-order chi connectivity index (χ0) is 22.9. The monoisotopic (exact) mass is 459 g/mol. The minimum atomic E-state index is -3.94. The third-order valence-electron chi connectivity index (χ3n) is 5.60. The number of methoxy groups -OCH3 is 1. The van der Waals surface area contributed by atoms with E-state index >= 15 is 0 Å². The maximum Gasteiger partial charge on any atom is 0.262 e. The molecule has 0 bridgehead atoms. The van der Waals surface area contributed by atoms with Crippen molar-refractivity contribution in [3.05, 3.63) is 47.5 Å². The zero-order valence-corrected chi connectivity index (χ0v) is 18.7. The summed E-state index contributed by atoms with van der Waals surface area (Å²) < 4.78 is 38.8. The van der Waals surface area contributed by atoms with Crippen LogP contribution in [0.2, 0.25) is 0 Å². The maximum absolute atomic E-state index is 13.5. The van der Waals surface area contributed by atoms with E-state index in [0.717, 1.165) is 5.56 Å². The molecule has 2 aliphatic heterocycles. The van der Waals surface area contributed by atoms with Crippen molar-refractivity contribution in [1.82, 2.24) is 9.62 Å². The van der Waals surface area contributed by atoms with Crippen LogP contribution in [0, 0.1) is 6.92 Å². The van der Waals surface area contributed by atoms with Crippen molar-refractivity contribution < 1.29 is 27.5 Å². The van der Waals surface area contributed by atoms with E-state index in [2.05, 4.69) is 10.6 Å². The predicted octanol–water partition coefficient (Wildman–Crippen LogP) is 1.80. The number of nitrogens with zero attached hydrogens (tertiary/aromatic N) is 1. The first-order chi connectivity index (χ1) is 15.3. The first kappa shape index (κ1) is 22.1. The summed E-state index contributed by atoms with van der Waals surface area (Å²) in [5.41, 5.74) is 1.76. The van der Waals surface area contributed by atoms with Crippen LogP contribution < -0.4 is 20.1 Å². The number of nitrogens with one attached hydrogen (secondary N) is 2. The maximum atomic E-state index is 13.5. The van der Waals surface area contributed by atoms with Crippen molar-refractivity contribution in [2.45, 2.75) is 37.2 Å². The minimum absolute atomic E-state index is 0.0693. The fourth-order valence-electron chi connectivity index (χ4n) is 4.00. The van der Waals surface area contributed by atoms with Crippen LogP contribution in [0.1, 0.15) is 24.0 Å². The Morgan fingerprint density at radius 3 is 2.91 bits per heavy atom. The molecule has 0 aromatic heterocycles. The van der Waals surface area contributed by atoms with E-state index in [-0.39, 0.29) is 36.4 Å². The lowest BCUT2D eigenvalue weighted by Crippen LogP contribution is -2.45. The first-order valence-corrected chi connectivity index (χ1v) is 11.7. The van der Waals surface area contributed by atoms with Gasteiger partial charge in [0.05, 0.1) is 17.7 Å². The second-order valence-electron chi connectivity index (χ2n) is 7.79. The number of hydrogen-bond acceptors (Lipinski definition) is 6. The highest BCUT2D eigenvalue weighted by Crippen LogP contribution is 2.36. The fourth-order valence-corrected chi connectivity index (χ4v) is 5.88. The molecule has 0 spiro atoms. The fraction of sp³-hybridized carbons (Fsp3) is 0.364. The molecule has 1 atom stereocenters. The van der Waals surface area contributed by atoms with Crippen LogP contribution in [-0.2, 0) is 26.2 Å². The summed E-state index contributed by atoms with van der Waals surface area (Å²) in [4.78, 5) is 24.5. The summed E-state index contributed by atoms with van der Waals surface area (Å²) in [6.45, 7) is 2.01. The Balaban J connectivity index is 1.53. The van der Waals surface area contributed by atoms with E-state index in [9.17, 15) is 18.0 Å². The smallest absolute Gasteiger partial charge is 0.262 e. The number of anilines is 1. The van der Waals surface area contributed by atoms with Crippen molar-refractivity contribution in [2.24, 2.45) is 0 Å². The van der Waals surface area contributed by atoms with Gasteiger partial charge in [-0.25, -0.2) is 8.42 Å². The Bertz CT molecular complexity index is 1160. The zero-order valence-electron chi connectivity index (χ0n) is 17.9. The van der Waals surface area contributed by atoms with Crippen molar-refractivity contribution in [2.75, 3.05) is 25.6 Å². The SMILES string of the molecule is COc1cccc(CNC(=O)[C@@H]2CCCN2S(=O)(=O)c2cc3c(cc2C)NC(=O)CO3)c1. The normalized spacial score (nSPS) is 18.4. The Labute approximate surface area is 186 Å². The van der Waals surface area contributed by atoms with Gasteiger partial charge in [0.2, 0.25) is 15.9 Å². The topological polar surface area (TPSA) is 114 Å². The standard InChI is InChI=1S/C22H25N3O6S/c1-14-9-17-19(31-13-21(26)24-17)11-20(14)32(28,29)25-8-4-7-18(25)22(27)23-12-15-5-3-6-16(10-15)30-2/h3,5-6,9-11,18H,4,7-8,12-13H2,1-2H3,(H,23,27)(H,24,26)/t18-/m0/s1. The Hall–Kier alpha value is -3.11. The molecule has 32 heavy (non-hydrogen) atoms. The number of carbonyl (C=O) groups is 2. The molecule has 0 unspecified atom stereocenters. The number of benzene rings is 2. The van der Waals surface area contributed by atoms with Gasteiger partial charge in [-0.1, -0.05) is 12.1 Å². The number of aryl methyl sites for hydroxylation is 1. The van der Waals surface area contributed by atoms with Gasteiger partial charge < -0.3 is 20.1 Å². The molecule has 0 radical (unpaired) electrons. The molecule has 4 rings (SSSR count). The average Bonchev–Trinajstić information content (AvgIpc) is 3.28. The van der Waals surface area contributed by atoms with Gasteiger partial charge in [-0.05, 0) is 49.1 Å². The van der Waals surface area contributed by atoms with Gasteiger partial charge >= 0.3 is 0 Å². The van der Waals surface area contributed by atoms with E-state index < -0.39 is 16.1 Å². The molecular formula is C22H25N3O6S. The number of rotatable bonds is 6. The van der Waals surface area contributed by atoms with Crippen molar-refractivity contribution in [3.63, 3.8) is 0 Å². The van der Waals surface area contributed by atoms with Crippen LogP contribution in [0.4, 0.5) is 5.69 Å². The highest BCUT2D eigenvalue weighted by molar-refractivity contribution is 7.89. The molecule has 2 heterocycles. The van der Waals surface area contributed by atoms with E-state index in [0.29, 0.717) is 35.6 Å². The highest BCUT2D eigenvalue weighted by atomic mass is 32.2. The highest BCUT2D eigenvalue weighted by Gasteiger charge is 2.40. The van der Waals surface area contributed by atoms with Crippen LogP contribution in [0.25, 0.3) is 0 Å². The van der Waals surface area contributed by atoms with Crippen LogP contribution >= 0.6 is 0 Å². The van der Waals surface area contributed by atoms with Crippen molar-refractivity contribution in [1.29, 1.82) is 0 Å². The largest absolute Gasteiger partial charge is 0.497 e. The van der Waals surface area contributed by atoms with E-state index in [1.165, 1.54) is 10.4 Å². The molecule has 2 aromatic rings. The van der Waals surface area contributed by atoms with Crippen LogP contribution in [0.3, 0.4) is 0 Å². The number of carbonyl (C=O) groups excluding carboxylic acids is 2. The summed E-state index contributed by atoms with van der Waals surface area (Å²) >= 11 is 0.